The second-order valence-corrected chi connectivity index (χ2v) is 5.00. The highest BCUT2D eigenvalue weighted by Crippen LogP contribution is 2.29. The molecular weight excluding hydrogens is 314 g/mol. The van der Waals surface area contributed by atoms with Crippen molar-refractivity contribution in [2.45, 2.75) is 0 Å². The Labute approximate surface area is 139 Å². The monoisotopic (exact) mass is 331 g/mol. The van der Waals surface area contributed by atoms with Gasteiger partial charge in [-0.15, -0.1) is 0 Å². The number of methoxy groups -OCH3 is 2. The molecule has 23 heavy (non-hydrogen) atoms. The van der Waals surface area contributed by atoms with Crippen molar-refractivity contribution >= 4 is 34.6 Å². The second-order valence-electron chi connectivity index (χ2n) is 4.59. The van der Waals surface area contributed by atoms with Gasteiger partial charge in [0.2, 0.25) is 5.91 Å². The maximum absolute atomic E-state index is 11.0. The molecule has 0 bridgehead atoms. The summed E-state index contributed by atoms with van der Waals surface area (Å²) < 4.78 is 10.4. The average molecular weight is 331 g/mol. The van der Waals surface area contributed by atoms with E-state index in [1.807, 2.05) is 6.07 Å². The molecule has 2 aromatic rings. The Hall–Kier alpha value is -2.80. The number of hydrogen-bond acceptors (Lipinski definition) is 4. The lowest BCUT2D eigenvalue weighted by Crippen LogP contribution is -2.19. The predicted molar refractivity (Wildman–Crippen MR) is 94.3 cm³/mol. The topological polar surface area (TPSA) is 85.6 Å². The Morgan fingerprint density at radius 1 is 0.957 bits per heavy atom. The lowest BCUT2D eigenvalue weighted by molar-refractivity contribution is 0.100. The first kappa shape index (κ1) is 16.6. The van der Waals surface area contributed by atoms with Crippen molar-refractivity contribution in [2.24, 2.45) is 5.73 Å². The first-order chi connectivity index (χ1) is 11.0. The lowest BCUT2D eigenvalue weighted by Gasteiger charge is -2.13. The highest BCUT2D eigenvalue weighted by atomic mass is 32.1. The van der Waals surface area contributed by atoms with Crippen molar-refractivity contribution in [2.75, 3.05) is 24.9 Å². The van der Waals surface area contributed by atoms with Gasteiger partial charge >= 0.3 is 0 Å². The van der Waals surface area contributed by atoms with Crippen molar-refractivity contribution in [3.05, 3.63) is 48.0 Å². The van der Waals surface area contributed by atoms with Crippen LogP contribution < -0.4 is 25.8 Å². The molecule has 2 rings (SSSR count). The first-order valence-electron chi connectivity index (χ1n) is 6.73. The van der Waals surface area contributed by atoms with Gasteiger partial charge in [0, 0.05) is 23.0 Å². The largest absolute Gasteiger partial charge is 0.493 e. The zero-order chi connectivity index (χ0) is 16.8. The van der Waals surface area contributed by atoms with Crippen LogP contribution in [0.1, 0.15) is 10.4 Å². The van der Waals surface area contributed by atoms with E-state index in [1.165, 1.54) is 0 Å². The molecule has 0 saturated heterocycles. The van der Waals surface area contributed by atoms with Crippen LogP contribution in [0.2, 0.25) is 0 Å². The number of primary amides is 1. The Kier molecular flexibility index (Phi) is 5.37. The van der Waals surface area contributed by atoms with E-state index in [2.05, 4.69) is 10.6 Å². The number of carbonyl (C=O) groups is 1. The average Bonchev–Trinajstić information content (AvgIpc) is 2.55. The highest BCUT2D eigenvalue weighted by Gasteiger charge is 2.06. The molecule has 0 saturated carbocycles. The molecule has 1 amide bonds. The maximum Gasteiger partial charge on any atom is 0.248 e. The third kappa shape index (κ3) is 4.33. The summed E-state index contributed by atoms with van der Waals surface area (Å²) >= 11 is 5.26. The van der Waals surface area contributed by atoms with Crippen molar-refractivity contribution in [3.63, 3.8) is 0 Å². The van der Waals surface area contributed by atoms with Crippen molar-refractivity contribution in [1.82, 2.24) is 0 Å². The summed E-state index contributed by atoms with van der Waals surface area (Å²) in [5, 5.41) is 6.47. The van der Waals surface area contributed by atoms with Gasteiger partial charge in [0.15, 0.2) is 16.6 Å². The summed E-state index contributed by atoms with van der Waals surface area (Å²) in [4.78, 5) is 11.0. The molecule has 6 nitrogen and oxygen atoms in total. The summed E-state index contributed by atoms with van der Waals surface area (Å²) in [5.74, 6) is 0.771. The van der Waals surface area contributed by atoms with E-state index in [0.717, 1.165) is 11.4 Å². The number of nitrogens with one attached hydrogen (secondary N) is 2. The summed E-state index contributed by atoms with van der Waals surface area (Å²) in [6.07, 6.45) is 0. The molecule has 0 aliphatic rings. The highest BCUT2D eigenvalue weighted by molar-refractivity contribution is 7.80. The Bertz CT molecular complexity index is 717. The maximum atomic E-state index is 11.0. The molecule has 0 atom stereocenters. The van der Waals surface area contributed by atoms with Crippen LogP contribution in [0.5, 0.6) is 11.5 Å². The van der Waals surface area contributed by atoms with Crippen LogP contribution in [0.15, 0.2) is 42.5 Å². The minimum absolute atomic E-state index is 0.407. The predicted octanol–water partition coefficient (Wildman–Crippen LogP) is 2.61. The fourth-order valence-electron chi connectivity index (χ4n) is 1.93. The Morgan fingerprint density at radius 3 is 2.09 bits per heavy atom. The van der Waals surface area contributed by atoms with Gasteiger partial charge in [-0.2, -0.15) is 0 Å². The van der Waals surface area contributed by atoms with E-state index in [-0.39, 0.29) is 0 Å². The molecule has 0 radical (unpaired) electrons. The summed E-state index contributed by atoms with van der Waals surface area (Å²) in [6, 6.07) is 12.1. The van der Waals surface area contributed by atoms with E-state index >= 15 is 0 Å². The van der Waals surface area contributed by atoms with E-state index in [4.69, 9.17) is 27.4 Å². The molecule has 0 unspecified atom stereocenters. The van der Waals surface area contributed by atoms with Gasteiger partial charge in [-0.25, -0.2) is 0 Å². The van der Waals surface area contributed by atoms with Gasteiger partial charge in [0.25, 0.3) is 0 Å². The number of hydrogen-bond donors (Lipinski definition) is 3. The van der Waals surface area contributed by atoms with Crippen LogP contribution >= 0.6 is 12.2 Å². The zero-order valence-corrected chi connectivity index (χ0v) is 13.6. The molecule has 0 fully saturated rings. The van der Waals surface area contributed by atoms with E-state index in [9.17, 15) is 4.79 Å². The SMILES string of the molecule is COc1ccc(NC(=S)Nc2ccc(C(N)=O)cc2)cc1OC. The van der Waals surface area contributed by atoms with Crippen LogP contribution in [0.3, 0.4) is 0 Å². The molecule has 7 heteroatoms. The number of benzene rings is 2. The quantitative estimate of drug-likeness (QED) is 0.730. The summed E-state index contributed by atoms with van der Waals surface area (Å²) in [6.45, 7) is 0. The smallest absolute Gasteiger partial charge is 0.248 e. The van der Waals surface area contributed by atoms with Crippen LogP contribution in [-0.2, 0) is 0 Å². The molecule has 0 spiro atoms. The minimum Gasteiger partial charge on any atom is -0.493 e. The zero-order valence-electron chi connectivity index (χ0n) is 12.8. The molecule has 0 aromatic heterocycles. The standard InChI is InChI=1S/C16H17N3O3S/c1-21-13-8-7-12(9-14(13)22-2)19-16(23)18-11-5-3-10(4-6-11)15(17)20/h3-9H,1-2H3,(H2,17,20)(H2,18,19,23). The number of anilines is 2. The van der Waals surface area contributed by atoms with E-state index < -0.39 is 5.91 Å². The molecular formula is C16H17N3O3S. The van der Waals surface area contributed by atoms with E-state index in [1.54, 1.807) is 50.6 Å². The van der Waals surface area contributed by atoms with Gasteiger partial charge in [-0.1, -0.05) is 0 Å². The third-order valence-electron chi connectivity index (χ3n) is 3.07. The van der Waals surface area contributed by atoms with Crippen molar-refractivity contribution < 1.29 is 14.3 Å². The van der Waals surface area contributed by atoms with Crippen molar-refractivity contribution in [3.8, 4) is 11.5 Å². The summed E-state index contributed by atoms with van der Waals surface area (Å²) in [5.41, 5.74) is 7.14. The lowest BCUT2D eigenvalue weighted by atomic mass is 10.2. The van der Waals surface area contributed by atoms with Gasteiger partial charge in [-0.05, 0) is 48.6 Å². The van der Waals surface area contributed by atoms with Crippen LogP contribution in [0.25, 0.3) is 0 Å². The number of thiocarbonyl (C=S) groups is 1. The van der Waals surface area contributed by atoms with Crippen LogP contribution in [0, 0.1) is 0 Å². The second kappa shape index (κ2) is 7.46. The van der Waals surface area contributed by atoms with Crippen molar-refractivity contribution in [1.29, 1.82) is 0 Å². The number of carbonyl (C=O) groups excluding carboxylic acids is 1. The first-order valence-corrected chi connectivity index (χ1v) is 7.14. The van der Waals surface area contributed by atoms with E-state index in [0.29, 0.717) is 22.2 Å². The number of nitrogens with two attached hydrogens (primary N) is 1. The normalized spacial score (nSPS) is 9.83. The fraction of sp³-hybridized carbons (Fsp3) is 0.125. The number of amides is 1. The van der Waals surface area contributed by atoms with Crippen LogP contribution in [0.4, 0.5) is 11.4 Å². The molecule has 0 aliphatic heterocycles. The number of ether oxygens (including phenoxy) is 2. The molecule has 120 valence electrons. The minimum atomic E-state index is -0.470. The van der Waals surface area contributed by atoms with Crippen LogP contribution in [-0.4, -0.2) is 25.2 Å². The van der Waals surface area contributed by atoms with Gasteiger partial charge in [-0.3, -0.25) is 4.79 Å². The number of rotatable bonds is 5. The molecule has 4 N–H and O–H groups in total. The Morgan fingerprint density at radius 2 is 1.52 bits per heavy atom. The molecule has 2 aromatic carbocycles. The molecule has 0 aliphatic carbocycles. The van der Waals surface area contributed by atoms with Gasteiger partial charge in [0.1, 0.15) is 0 Å². The van der Waals surface area contributed by atoms with Gasteiger partial charge < -0.3 is 25.8 Å². The third-order valence-corrected chi connectivity index (χ3v) is 3.27. The molecule has 0 heterocycles. The van der Waals surface area contributed by atoms with Gasteiger partial charge in [0.05, 0.1) is 14.2 Å². The Balaban J connectivity index is 2.03. The fourth-order valence-corrected chi connectivity index (χ4v) is 2.16. The summed E-state index contributed by atoms with van der Waals surface area (Å²) in [7, 11) is 3.14.